The van der Waals surface area contributed by atoms with Crippen molar-refractivity contribution in [3.63, 3.8) is 0 Å². The number of aromatic nitrogens is 1. The highest BCUT2D eigenvalue weighted by molar-refractivity contribution is 7.13. The summed E-state index contributed by atoms with van der Waals surface area (Å²) in [6.07, 6.45) is 1.17. The van der Waals surface area contributed by atoms with Crippen LogP contribution in [0.2, 0.25) is 0 Å². The molecule has 0 bridgehead atoms. The third kappa shape index (κ3) is 3.47. The van der Waals surface area contributed by atoms with Crippen molar-refractivity contribution in [1.29, 1.82) is 0 Å². The van der Waals surface area contributed by atoms with Gasteiger partial charge in [0, 0.05) is 24.5 Å². The average Bonchev–Trinajstić information content (AvgIpc) is 2.62. The summed E-state index contributed by atoms with van der Waals surface area (Å²) >= 11 is 1.74. The zero-order valence-corrected chi connectivity index (χ0v) is 10.9. The number of nitrogens with zero attached hydrogens (tertiary/aromatic N) is 2. The fraction of sp³-hybridized carbons (Fsp3) is 0.727. The lowest BCUT2D eigenvalue weighted by atomic mass is 10.3. The predicted octanol–water partition coefficient (Wildman–Crippen LogP) is 2.49. The van der Waals surface area contributed by atoms with Crippen LogP contribution in [0, 0.1) is 0 Å². The molecular weight excluding hydrogens is 206 g/mol. The zero-order chi connectivity index (χ0) is 11.3. The Morgan fingerprint density at radius 1 is 1.53 bits per heavy atom. The van der Waals surface area contributed by atoms with Gasteiger partial charge in [-0.15, -0.1) is 11.3 Å². The number of rotatable bonds is 6. The summed E-state index contributed by atoms with van der Waals surface area (Å²) in [6, 6.07) is 0.526. The molecule has 0 aliphatic carbocycles. The Morgan fingerprint density at radius 2 is 2.27 bits per heavy atom. The molecule has 0 aliphatic heterocycles. The summed E-state index contributed by atoms with van der Waals surface area (Å²) in [5, 5.41) is 6.41. The lowest BCUT2D eigenvalue weighted by Gasteiger charge is -2.25. The summed E-state index contributed by atoms with van der Waals surface area (Å²) in [7, 11) is 1.95. The molecule has 86 valence electrons. The second-order valence-corrected chi connectivity index (χ2v) is 4.78. The zero-order valence-electron chi connectivity index (χ0n) is 10.1. The van der Waals surface area contributed by atoms with Gasteiger partial charge < -0.3 is 10.2 Å². The molecule has 1 rings (SSSR count). The highest BCUT2D eigenvalue weighted by atomic mass is 32.1. The summed E-state index contributed by atoms with van der Waals surface area (Å²) in [5.41, 5.74) is 1.14. The number of hydrogen-bond acceptors (Lipinski definition) is 4. The summed E-state index contributed by atoms with van der Waals surface area (Å²) in [4.78, 5) is 6.99. The Balaban J connectivity index is 2.72. The van der Waals surface area contributed by atoms with E-state index < -0.39 is 0 Å². The third-order valence-corrected chi connectivity index (χ3v) is 3.16. The van der Waals surface area contributed by atoms with Crippen molar-refractivity contribution in [3.05, 3.63) is 11.1 Å². The topological polar surface area (TPSA) is 28.2 Å². The van der Waals surface area contributed by atoms with E-state index in [2.05, 4.69) is 41.4 Å². The molecule has 0 saturated carbocycles. The monoisotopic (exact) mass is 227 g/mol. The lowest BCUT2D eigenvalue weighted by molar-refractivity contribution is 0.666. The van der Waals surface area contributed by atoms with Crippen LogP contribution < -0.4 is 10.2 Å². The van der Waals surface area contributed by atoms with Crippen LogP contribution in [0.25, 0.3) is 0 Å². The molecule has 0 atom stereocenters. The van der Waals surface area contributed by atoms with Crippen molar-refractivity contribution in [2.45, 2.75) is 39.8 Å². The Kier molecular flexibility index (Phi) is 5.05. The van der Waals surface area contributed by atoms with Crippen molar-refractivity contribution >= 4 is 16.5 Å². The van der Waals surface area contributed by atoms with E-state index in [9.17, 15) is 0 Å². The van der Waals surface area contributed by atoms with Crippen LogP contribution >= 0.6 is 11.3 Å². The van der Waals surface area contributed by atoms with Crippen molar-refractivity contribution in [2.24, 2.45) is 0 Å². The molecule has 0 amide bonds. The number of hydrogen-bond donors (Lipinski definition) is 1. The second-order valence-electron chi connectivity index (χ2n) is 3.94. The Morgan fingerprint density at radius 3 is 2.80 bits per heavy atom. The molecule has 0 saturated heterocycles. The number of anilines is 1. The highest BCUT2D eigenvalue weighted by Gasteiger charge is 2.13. The molecule has 0 fully saturated rings. The minimum Gasteiger partial charge on any atom is -0.346 e. The van der Waals surface area contributed by atoms with Gasteiger partial charge in [-0.05, 0) is 27.3 Å². The van der Waals surface area contributed by atoms with Crippen molar-refractivity contribution in [3.8, 4) is 0 Å². The van der Waals surface area contributed by atoms with E-state index in [-0.39, 0.29) is 0 Å². The van der Waals surface area contributed by atoms with Gasteiger partial charge in [0.25, 0.3) is 0 Å². The largest absolute Gasteiger partial charge is 0.346 e. The van der Waals surface area contributed by atoms with Crippen LogP contribution in [0.1, 0.15) is 32.9 Å². The van der Waals surface area contributed by atoms with E-state index in [1.807, 2.05) is 7.05 Å². The first-order valence-electron chi connectivity index (χ1n) is 5.54. The van der Waals surface area contributed by atoms with Gasteiger partial charge in [-0.2, -0.15) is 0 Å². The maximum absolute atomic E-state index is 4.62. The van der Waals surface area contributed by atoms with E-state index in [0.717, 1.165) is 23.9 Å². The first kappa shape index (κ1) is 12.5. The van der Waals surface area contributed by atoms with E-state index in [1.165, 1.54) is 6.42 Å². The molecule has 0 radical (unpaired) electrons. The van der Waals surface area contributed by atoms with Crippen LogP contribution in [-0.4, -0.2) is 24.6 Å². The number of nitrogens with one attached hydrogen (secondary N) is 1. The first-order chi connectivity index (χ1) is 7.19. The maximum atomic E-state index is 4.62. The first-order valence-corrected chi connectivity index (χ1v) is 6.42. The quantitative estimate of drug-likeness (QED) is 0.809. The molecular formula is C11H21N3S. The molecule has 3 nitrogen and oxygen atoms in total. The van der Waals surface area contributed by atoms with Crippen molar-refractivity contribution < 1.29 is 0 Å². The van der Waals surface area contributed by atoms with Gasteiger partial charge in [-0.1, -0.05) is 6.92 Å². The van der Waals surface area contributed by atoms with Crippen LogP contribution in [0.5, 0.6) is 0 Å². The van der Waals surface area contributed by atoms with Gasteiger partial charge in [0.1, 0.15) is 0 Å². The minimum atomic E-state index is 0.526. The normalized spacial score (nSPS) is 11.0. The molecule has 1 N–H and O–H groups in total. The Labute approximate surface area is 96.5 Å². The third-order valence-electron chi connectivity index (χ3n) is 2.23. The van der Waals surface area contributed by atoms with Crippen LogP contribution in [0.3, 0.4) is 0 Å². The molecule has 0 aromatic carbocycles. The smallest absolute Gasteiger partial charge is 0.185 e. The fourth-order valence-corrected chi connectivity index (χ4v) is 2.49. The molecule has 0 aliphatic rings. The van der Waals surface area contributed by atoms with E-state index in [0.29, 0.717) is 6.04 Å². The molecule has 0 unspecified atom stereocenters. The van der Waals surface area contributed by atoms with Crippen LogP contribution in [0.4, 0.5) is 5.13 Å². The van der Waals surface area contributed by atoms with Gasteiger partial charge in [0.05, 0.1) is 5.69 Å². The van der Waals surface area contributed by atoms with Crippen molar-refractivity contribution in [1.82, 2.24) is 10.3 Å². The Bertz CT molecular complexity index is 283. The standard InChI is InChI=1S/C11H21N3S/c1-5-6-14(9(2)3)11-13-10(7-12-4)8-15-11/h8-9,12H,5-7H2,1-4H3. The van der Waals surface area contributed by atoms with E-state index in [4.69, 9.17) is 0 Å². The fourth-order valence-electron chi connectivity index (χ4n) is 1.51. The van der Waals surface area contributed by atoms with Crippen molar-refractivity contribution in [2.75, 3.05) is 18.5 Å². The van der Waals surface area contributed by atoms with Gasteiger partial charge in [0.2, 0.25) is 0 Å². The molecule has 4 heteroatoms. The number of thiazole rings is 1. The maximum Gasteiger partial charge on any atom is 0.185 e. The van der Waals surface area contributed by atoms with Gasteiger partial charge in [-0.25, -0.2) is 4.98 Å². The molecule has 0 spiro atoms. The van der Waals surface area contributed by atoms with Gasteiger partial charge in [0.15, 0.2) is 5.13 Å². The predicted molar refractivity (Wildman–Crippen MR) is 67.7 cm³/mol. The summed E-state index contributed by atoms with van der Waals surface area (Å²) in [6.45, 7) is 8.58. The van der Waals surface area contributed by atoms with E-state index in [1.54, 1.807) is 11.3 Å². The molecule has 1 heterocycles. The lowest BCUT2D eigenvalue weighted by Crippen LogP contribution is -2.31. The van der Waals surface area contributed by atoms with Gasteiger partial charge in [-0.3, -0.25) is 0 Å². The summed E-state index contributed by atoms with van der Waals surface area (Å²) < 4.78 is 0. The van der Waals surface area contributed by atoms with Gasteiger partial charge >= 0.3 is 0 Å². The van der Waals surface area contributed by atoms with Crippen LogP contribution in [-0.2, 0) is 6.54 Å². The molecule has 1 aromatic heterocycles. The SMILES string of the molecule is CCCN(c1nc(CNC)cs1)C(C)C. The average molecular weight is 227 g/mol. The molecule has 1 aromatic rings. The summed E-state index contributed by atoms with van der Waals surface area (Å²) in [5.74, 6) is 0. The molecule has 15 heavy (non-hydrogen) atoms. The van der Waals surface area contributed by atoms with E-state index >= 15 is 0 Å². The second kappa shape index (κ2) is 6.08. The Hall–Kier alpha value is -0.610. The highest BCUT2D eigenvalue weighted by Crippen LogP contribution is 2.22. The minimum absolute atomic E-state index is 0.526. The van der Waals surface area contributed by atoms with Crippen LogP contribution in [0.15, 0.2) is 5.38 Å².